The van der Waals surface area contributed by atoms with Gasteiger partial charge >= 0.3 is 0 Å². The zero-order chi connectivity index (χ0) is 11.3. The molecule has 1 amide bonds. The molecule has 0 aromatic heterocycles. The van der Waals surface area contributed by atoms with Crippen LogP contribution in [0, 0.1) is 5.92 Å². The highest BCUT2D eigenvalue weighted by atomic mass is 16.5. The second kappa shape index (κ2) is 6.08. The first-order valence-corrected chi connectivity index (χ1v) is 5.71. The molecule has 0 aliphatic carbocycles. The van der Waals surface area contributed by atoms with E-state index in [4.69, 9.17) is 4.74 Å². The summed E-state index contributed by atoms with van der Waals surface area (Å²) in [5.74, 6) is 0.552. The van der Waals surface area contributed by atoms with Crippen LogP contribution in [-0.2, 0) is 9.53 Å². The minimum atomic E-state index is 0.0720. The van der Waals surface area contributed by atoms with Crippen LogP contribution < -0.4 is 10.6 Å². The Hall–Kier alpha value is -0.610. The van der Waals surface area contributed by atoms with E-state index in [9.17, 15) is 4.79 Å². The van der Waals surface area contributed by atoms with E-state index in [2.05, 4.69) is 17.6 Å². The molecule has 15 heavy (non-hydrogen) atoms. The van der Waals surface area contributed by atoms with E-state index in [-0.39, 0.29) is 12.0 Å². The molecule has 4 nitrogen and oxygen atoms in total. The molecule has 1 aliphatic heterocycles. The van der Waals surface area contributed by atoms with Gasteiger partial charge in [0, 0.05) is 25.1 Å². The Morgan fingerprint density at radius 2 is 2.27 bits per heavy atom. The van der Waals surface area contributed by atoms with Gasteiger partial charge in [-0.25, -0.2) is 0 Å². The third-order valence-electron chi connectivity index (χ3n) is 2.77. The number of ether oxygens (including phenoxy) is 1. The normalized spacial score (nSPS) is 25.9. The molecule has 0 spiro atoms. The van der Waals surface area contributed by atoms with E-state index in [1.54, 1.807) is 0 Å². The fourth-order valence-corrected chi connectivity index (χ4v) is 1.65. The molecule has 0 aromatic rings. The van der Waals surface area contributed by atoms with Crippen LogP contribution in [0.15, 0.2) is 0 Å². The average Bonchev–Trinajstić information content (AvgIpc) is 2.58. The predicted molar refractivity (Wildman–Crippen MR) is 59.7 cm³/mol. The molecule has 1 fully saturated rings. The fourth-order valence-electron chi connectivity index (χ4n) is 1.65. The summed E-state index contributed by atoms with van der Waals surface area (Å²) in [6.45, 7) is 8.09. The number of amides is 1. The van der Waals surface area contributed by atoms with Crippen molar-refractivity contribution >= 4 is 5.91 Å². The van der Waals surface area contributed by atoms with Gasteiger partial charge in [-0.3, -0.25) is 4.79 Å². The molecule has 0 radical (unpaired) electrons. The second-order valence-corrected chi connectivity index (χ2v) is 4.46. The topological polar surface area (TPSA) is 50.4 Å². The summed E-state index contributed by atoms with van der Waals surface area (Å²) < 4.78 is 5.43. The van der Waals surface area contributed by atoms with Crippen molar-refractivity contribution in [2.45, 2.75) is 39.3 Å². The van der Waals surface area contributed by atoms with E-state index in [1.807, 2.05) is 13.8 Å². The molecule has 0 bridgehead atoms. The van der Waals surface area contributed by atoms with Crippen molar-refractivity contribution in [3.05, 3.63) is 0 Å². The Bertz CT molecular complexity index is 207. The smallest absolute Gasteiger partial charge is 0.233 e. The Balaban J connectivity index is 2.11. The fraction of sp³-hybridized carbons (Fsp3) is 0.909. The zero-order valence-corrected chi connectivity index (χ0v) is 9.88. The van der Waals surface area contributed by atoms with Gasteiger partial charge in [-0.05, 0) is 13.3 Å². The number of hydrogen-bond donors (Lipinski definition) is 2. The number of rotatable bonds is 5. The Morgan fingerprint density at radius 3 is 2.80 bits per heavy atom. The molecule has 4 heteroatoms. The number of carbonyl (C=O) groups is 1. The van der Waals surface area contributed by atoms with Gasteiger partial charge in [0.1, 0.15) is 0 Å². The van der Waals surface area contributed by atoms with E-state index in [1.165, 1.54) is 0 Å². The first-order chi connectivity index (χ1) is 7.09. The standard InChI is InChI=1S/C11H22N2O2/c1-8(2)12-7-11(14)13-6-10-4-5-15-9(10)3/h8-10,12H,4-7H2,1-3H3,(H,13,14). The van der Waals surface area contributed by atoms with E-state index in [0.717, 1.165) is 19.6 Å². The summed E-state index contributed by atoms with van der Waals surface area (Å²) >= 11 is 0. The molecular weight excluding hydrogens is 192 g/mol. The summed E-state index contributed by atoms with van der Waals surface area (Å²) in [6, 6.07) is 0.351. The van der Waals surface area contributed by atoms with E-state index in [0.29, 0.717) is 18.5 Å². The van der Waals surface area contributed by atoms with Crippen LogP contribution in [0.5, 0.6) is 0 Å². The van der Waals surface area contributed by atoms with Crippen molar-refractivity contribution in [3.63, 3.8) is 0 Å². The van der Waals surface area contributed by atoms with Gasteiger partial charge in [0.15, 0.2) is 0 Å². The number of nitrogens with one attached hydrogen (secondary N) is 2. The first kappa shape index (κ1) is 12.5. The third-order valence-corrected chi connectivity index (χ3v) is 2.77. The van der Waals surface area contributed by atoms with Gasteiger partial charge in [0.05, 0.1) is 12.6 Å². The monoisotopic (exact) mass is 214 g/mol. The summed E-state index contributed by atoms with van der Waals surface area (Å²) in [7, 11) is 0. The van der Waals surface area contributed by atoms with Crippen LogP contribution in [-0.4, -0.2) is 37.7 Å². The molecule has 2 atom stereocenters. The molecule has 1 rings (SSSR count). The second-order valence-electron chi connectivity index (χ2n) is 4.46. The van der Waals surface area contributed by atoms with Crippen LogP contribution in [0.3, 0.4) is 0 Å². The van der Waals surface area contributed by atoms with Crippen molar-refractivity contribution < 1.29 is 9.53 Å². The van der Waals surface area contributed by atoms with Crippen molar-refractivity contribution in [2.24, 2.45) is 5.92 Å². The first-order valence-electron chi connectivity index (χ1n) is 5.71. The minimum absolute atomic E-state index is 0.0720. The Morgan fingerprint density at radius 1 is 1.53 bits per heavy atom. The molecule has 1 aliphatic rings. The highest BCUT2D eigenvalue weighted by molar-refractivity contribution is 5.77. The molecule has 1 saturated heterocycles. The maximum atomic E-state index is 11.4. The molecule has 2 unspecified atom stereocenters. The third kappa shape index (κ3) is 4.62. The maximum absolute atomic E-state index is 11.4. The molecular formula is C11H22N2O2. The van der Waals surface area contributed by atoms with Crippen molar-refractivity contribution in [1.82, 2.24) is 10.6 Å². The lowest BCUT2D eigenvalue weighted by Gasteiger charge is -2.15. The van der Waals surface area contributed by atoms with Crippen molar-refractivity contribution in [1.29, 1.82) is 0 Å². The average molecular weight is 214 g/mol. The van der Waals surface area contributed by atoms with Crippen LogP contribution in [0.4, 0.5) is 0 Å². The molecule has 0 aromatic carbocycles. The minimum Gasteiger partial charge on any atom is -0.378 e. The van der Waals surface area contributed by atoms with Crippen LogP contribution in [0.2, 0.25) is 0 Å². The summed E-state index contributed by atoms with van der Waals surface area (Å²) in [6.07, 6.45) is 1.34. The highest BCUT2D eigenvalue weighted by Crippen LogP contribution is 2.18. The van der Waals surface area contributed by atoms with Gasteiger partial charge < -0.3 is 15.4 Å². The molecule has 0 saturated carbocycles. The van der Waals surface area contributed by atoms with E-state index < -0.39 is 0 Å². The summed E-state index contributed by atoms with van der Waals surface area (Å²) in [5.41, 5.74) is 0. The van der Waals surface area contributed by atoms with Crippen molar-refractivity contribution in [3.8, 4) is 0 Å². The number of carbonyl (C=O) groups excluding carboxylic acids is 1. The molecule has 2 N–H and O–H groups in total. The quantitative estimate of drug-likeness (QED) is 0.701. The zero-order valence-electron chi connectivity index (χ0n) is 9.88. The predicted octanol–water partition coefficient (Wildman–Crippen LogP) is 0.526. The maximum Gasteiger partial charge on any atom is 0.233 e. The lowest BCUT2D eigenvalue weighted by atomic mass is 10.0. The van der Waals surface area contributed by atoms with Crippen LogP contribution >= 0.6 is 0 Å². The Labute approximate surface area is 91.8 Å². The van der Waals surface area contributed by atoms with Crippen LogP contribution in [0.1, 0.15) is 27.2 Å². The highest BCUT2D eigenvalue weighted by Gasteiger charge is 2.24. The van der Waals surface area contributed by atoms with E-state index >= 15 is 0 Å². The van der Waals surface area contributed by atoms with Crippen LogP contribution in [0.25, 0.3) is 0 Å². The summed E-state index contributed by atoms with van der Waals surface area (Å²) in [5, 5.41) is 6.02. The van der Waals surface area contributed by atoms with Crippen molar-refractivity contribution in [2.75, 3.05) is 19.7 Å². The lowest BCUT2D eigenvalue weighted by Crippen LogP contribution is -2.39. The van der Waals surface area contributed by atoms with Gasteiger partial charge in [0.2, 0.25) is 5.91 Å². The molecule has 1 heterocycles. The SMILES string of the molecule is CC(C)NCC(=O)NCC1CCOC1C. The lowest BCUT2D eigenvalue weighted by molar-refractivity contribution is -0.120. The summed E-state index contributed by atoms with van der Waals surface area (Å²) in [4.78, 5) is 11.4. The Kier molecular flexibility index (Phi) is 5.05. The van der Waals surface area contributed by atoms with Gasteiger partial charge in [0.25, 0.3) is 0 Å². The van der Waals surface area contributed by atoms with Gasteiger partial charge in [-0.1, -0.05) is 13.8 Å². The largest absolute Gasteiger partial charge is 0.378 e. The molecule has 88 valence electrons. The van der Waals surface area contributed by atoms with Gasteiger partial charge in [-0.15, -0.1) is 0 Å². The number of hydrogen-bond acceptors (Lipinski definition) is 3. The van der Waals surface area contributed by atoms with Gasteiger partial charge in [-0.2, -0.15) is 0 Å².